The Kier molecular flexibility index (Phi) is 8.07. The van der Waals surface area contributed by atoms with Crippen molar-refractivity contribution < 1.29 is 18.8 Å². The Labute approximate surface area is 235 Å². The standard InChI is InChI=1S/C32H26FN3O3S/c1-21-10-15-24(16-11-21)35-29-30(32(39)36(31(29)38)26-17-13-23(33)14-18-26)40-27-9-5-8-25(20-27)34-28(37)19-12-22-6-3-2-4-7-22/h2-11,13-18,20,35H,12,19H2,1H3,(H,34,37). The molecule has 4 aromatic rings. The van der Waals surface area contributed by atoms with Crippen LogP contribution in [0.5, 0.6) is 0 Å². The zero-order chi connectivity index (χ0) is 28.1. The molecule has 0 saturated carbocycles. The average molecular weight is 552 g/mol. The molecule has 3 amide bonds. The predicted molar refractivity (Wildman–Crippen MR) is 156 cm³/mol. The molecular weight excluding hydrogens is 525 g/mol. The summed E-state index contributed by atoms with van der Waals surface area (Å²) in [5, 5.41) is 6.02. The summed E-state index contributed by atoms with van der Waals surface area (Å²) in [5.41, 5.74) is 3.77. The van der Waals surface area contributed by atoms with Crippen molar-refractivity contribution in [3.05, 3.63) is 131 Å². The van der Waals surface area contributed by atoms with Crippen LogP contribution in [-0.2, 0) is 20.8 Å². The molecule has 40 heavy (non-hydrogen) atoms. The van der Waals surface area contributed by atoms with E-state index in [-0.39, 0.29) is 22.2 Å². The molecule has 0 bridgehead atoms. The zero-order valence-electron chi connectivity index (χ0n) is 21.7. The van der Waals surface area contributed by atoms with Gasteiger partial charge in [0.25, 0.3) is 11.8 Å². The first-order chi connectivity index (χ1) is 19.4. The van der Waals surface area contributed by atoms with Gasteiger partial charge in [0.15, 0.2) is 0 Å². The molecule has 1 aliphatic heterocycles. The van der Waals surface area contributed by atoms with Gasteiger partial charge in [-0.1, -0.05) is 65.9 Å². The van der Waals surface area contributed by atoms with Gasteiger partial charge in [0.1, 0.15) is 16.4 Å². The predicted octanol–water partition coefficient (Wildman–Crippen LogP) is 6.69. The maximum absolute atomic E-state index is 13.6. The number of carbonyl (C=O) groups excluding carboxylic acids is 3. The largest absolute Gasteiger partial charge is 0.350 e. The molecule has 0 atom stereocenters. The number of nitrogens with one attached hydrogen (secondary N) is 2. The molecule has 0 aliphatic carbocycles. The average Bonchev–Trinajstić information content (AvgIpc) is 3.18. The number of amides is 3. The van der Waals surface area contributed by atoms with Crippen LogP contribution in [0.15, 0.2) is 119 Å². The Morgan fingerprint density at radius 3 is 2.27 bits per heavy atom. The van der Waals surface area contributed by atoms with Crippen molar-refractivity contribution >= 4 is 46.5 Å². The quantitative estimate of drug-likeness (QED) is 0.227. The smallest absolute Gasteiger partial charge is 0.283 e. The number of hydrogen-bond donors (Lipinski definition) is 2. The van der Waals surface area contributed by atoms with E-state index in [4.69, 9.17) is 0 Å². The van der Waals surface area contributed by atoms with Gasteiger partial charge in [0.05, 0.1) is 5.69 Å². The maximum Gasteiger partial charge on any atom is 0.283 e. The number of imide groups is 1. The van der Waals surface area contributed by atoms with Crippen LogP contribution < -0.4 is 15.5 Å². The van der Waals surface area contributed by atoms with Gasteiger partial charge >= 0.3 is 0 Å². The Hall–Kier alpha value is -4.69. The van der Waals surface area contributed by atoms with E-state index in [0.717, 1.165) is 27.8 Å². The van der Waals surface area contributed by atoms with E-state index in [0.29, 0.717) is 29.1 Å². The second-order valence-corrected chi connectivity index (χ2v) is 10.4. The fourth-order valence-electron chi connectivity index (χ4n) is 4.20. The highest BCUT2D eigenvalue weighted by Gasteiger charge is 2.40. The first-order valence-electron chi connectivity index (χ1n) is 12.7. The van der Waals surface area contributed by atoms with E-state index in [9.17, 15) is 18.8 Å². The van der Waals surface area contributed by atoms with Gasteiger partial charge in [-0.15, -0.1) is 0 Å². The zero-order valence-corrected chi connectivity index (χ0v) is 22.5. The molecule has 4 aromatic carbocycles. The van der Waals surface area contributed by atoms with Gasteiger partial charge in [0.2, 0.25) is 5.91 Å². The van der Waals surface area contributed by atoms with Crippen LogP contribution in [0.3, 0.4) is 0 Å². The maximum atomic E-state index is 13.6. The summed E-state index contributed by atoms with van der Waals surface area (Å²) in [5.74, 6) is -1.65. The van der Waals surface area contributed by atoms with Gasteiger partial charge < -0.3 is 10.6 Å². The Morgan fingerprint density at radius 1 is 0.825 bits per heavy atom. The lowest BCUT2D eigenvalue weighted by Gasteiger charge is -2.15. The van der Waals surface area contributed by atoms with Crippen molar-refractivity contribution in [1.82, 2.24) is 0 Å². The molecule has 200 valence electrons. The van der Waals surface area contributed by atoms with E-state index >= 15 is 0 Å². The Morgan fingerprint density at radius 2 is 1.55 bits per heavy atom. The molecule has 1 heterocycles. The van der Waals surface area contributed by atoms with E-state index in [1.807, 2.05) is 61.5 Å². The van der Waals surface area contributed by atoms with Crippen LogP contribution in [0.1, 0.15) is 17.5 Å². The third-order valence-corrected chi connectivity index (χ3v) is 7.34. The second-order valence-electron chi connectivity index (χ2n) is 9.28. The SMILES string of the molecule is Cc1ccc(NC2=C(Sc3cccc(NC(=O)CCc4ccccc4)c3)C(=O)N(c3ccc(F)cc3)C2=O)cc1. The molecule has 2 N–H and O–H groups in total. The lowest BCUT2D eigenvalue weighted by molar-refractivity contribution is -0.120. The summed E-state index contributed by atoms with van der Waals surface area (Å²) in [7, 11) is 0. The minimum Gasteiger partial charge on any atom is -0.350 e. The topological polar surface area (TPSA) is 78.5 Å². The minimum atomic E-state index is -0.537. The lowest BCUT2D eigenvalue weighted by atomic mass is 10.1. The van der Waals surface area contributed by atoms with Crippen LogP contribution in [-0.4, -0.2) is 17.7 Å². The van der Waals surface area contributed by atoms with Gasteiger partial charge in [0, 0.05) is 22.7 Å². The number of benzene rings is 4. The first kappa shape index (κ1) is 26.9. The number of thioether (sulfide) groups is 1. The molecule has 5 rings (SSSR count). The minimum absolute atomic E-state index is 0.124. The van der Waals surface area contributed by atoms with Gasteiger partial charge in [-0.25, -0.2) is 9.29 Å². The molecule has 0 saturated heterocycles. The van der Waals surface area contributed by atoms with E-state index in [2.05, 4.69) is 10.6 Å². The Bertz CT molecular complexity index is 1590. The van der Waals surface area contributed by atoms with Crippen molar-refractivity contribution in [2.75, 3.05) is 15.5 Å². The summed E-state index contributed by atoms with van der Waals surface area (Å²) >= 11 is 1.13. The molecule has 0 spiro atoms. The molecular formula is C32H26FN3O3S. The summed E-state index contributed by atoms with van der Waals surface area (Å²) in [6.45, 7) is 1.96. The van der Waals surface area contributed by atoms with Gasteiger partial charge in [-0.3, -0.25) is 14.4 Å². The Balaban J connectivity index is 1.38. The molecule has 0 aromatic heterocycles. The van der Waals surface area contributed by atoms with Crippen molar-refractivity contribution in [2.45, 2.75) is 24.7 Å². The van der Waals surface area contributed by atoms with E-state index in [1.54, 1.807) is 24.3 Å². The van der Waals surface area contributed by atoms with Gasteiger partial charge in [-0.05, 0) is 73.5 Å². The number of aryl methyl sites for hydroxylation is 2. The number of nitrogens with zero attached hydrogens (tertiary/aromatic N) is 1. The monoisotopic (exact) mass is 551 g/mol. The summed E-state index contributed by atoms with van der Waals surface area (Å²) in [4.78, 5) is 41.5. The summed E-state index contributed by atoms with van der Waals surface area (Å²) in [6.07, 6.45) is 0.953. The molecule has 0 fully saturated rings. The number of carbonyl (C=O) groups is 3. The molecule has 0 unspecified atom stereocenters. The van der Waals surface area contributed by atoms with Crippen LogP contribution in [0.4, 0.5) is 21.5 Å². The van der Waals surface area contributed by atoms with E-state index in [1.165, 1.54) is 24.3 Å². The van der Waals surface area contributed by atoms with Crippen LogP contribution in [0, 0.1) is 12.7 Å². The highest BCUT2D eigenvalue weighted by Crippen LogP contribution is 2.38. The van der Waals surface area contributed by atoms with Crippen LogP contribution in [0.25, 0.3) is 0 Å². The lowest BCUT2D eigenvalue weighted by Crippen LogP contribution is -2.32. The van der Waals surface area contributed by atoms with Crippen LogP contribution in [0.2, 0.25) is 0 Å². The fraction of sp³-hybridized carbons (Fsp3) is 0.0938. The van der Waals surface area contributed by atoms with Crippen molar-refractivity contribution in [3.63, 3.8) is 0 Å². The normalized spacial score (nSPS) is 13.1. The van der Waals surface area contributed by atoms with Gasteiger partial charge in [-0.2, -0.15) is 0 Å². The molecule has 8 heteroatoms. The highest BCUT2D eigenvalue weighted by atomic mass is 32.2. The highest BCUT2D eigenvalue weighted by molar-refractivity contribution is 8.04. The third-order valence-electron chi connectivity index (χ3n) is 6.27. The number of rotatable bonds is 9. The second kappa shape index (κ2) is 12.0. The molecule has 6 nitrogen and oxygen atoms in total. The number of anilines is 3. The summed E-state index contributed by atoms with van der Waals surface area (Å²) in [6, 6.07) is 29.6. The summed E-state index contributed by atoms with van der Waals surface area (Å²) < 4.78 is 13.5. The van der Waals surface area contributed by atoms with Crippen molar-refractivity contribution in [1.29, 1.82) is 0 Å². The third kappa shape index (κ3) is 6.30. The van der Waals surface area contributed by atoms with Crippen LogP contribution >= 0.6 is 11.8 Å². The first-order valence-corrected chi connectivity index (χ1v) is 13.5. The molecule has 0 radical (unpaired) electrons. The number of hydrogen-bond acceptors (Lipinski definition) is 5. The fourth-order valence-corrected chi connectivity index (χ4v) is 5.19. The number of halogens is 1. The molecule has 1 aliphatic rings. The van der Waals surface area contributed by atoms with Crippen molar-refractivity contribution in [2.24, 2.45) is 0 Å². The van der Waals surface area contributed by atoms with E-state index < -0.39 is 17.6 Å². The van der Waals surface area contributed by atoms with Crippen molar-refractivity contribution in [3.8, 4) is 0 Å².